The molecule has 0 bridgehead atoms. The van der Waals surface area contributed by atoms with Crippen LogP contribution in [0.1, 0.15) is 5.56 Å². The molecule has 0 heterocycles. The molecule has 0 aliphatic heterocycles. The lowest BCUT2D eigenvalue weighted by Crippen LogP contribution is -2.04. The SMILES string of the molecule is FC(F)Oc1cccc(NCc2c(Cl)ccc(Cl)c2Cl)c1. The van der Waals surface area contributed by atoms with Crippen LogP contribution in [0.4, 0.5) is 14.5 Å². The van der Waals surface area contributed by atoms with E-state index < -0.39 is 6.61 Å². The van der Waals surface area contributed by atoms with Crippen molar-refractivity contribution in [2.45, 2.75) is 13.2 Å². The molecule has 0 aliphatic carbocycles. The summed E-state index contributed by atoms with van der Waals surface area (Å²) in [6.07, 6.45) is 0. The molecular weight excluding hydrogens is 343 g/mol. The highest BCUT2D eigenvalue weighted by Gasteiger charge is 2.10. The van der Waals surface area contributed by atoms with E-state index in [2.05, 4.69) is 10.1 Å². The molecule has 2 aromatic rings. The van der Waals surface area contributed by atoms with Crippen LogP contribution < -0.4 is 10.1 Å². The van der Waals surface area contributed by atoms with E-state index in [9.17, 15) is 8.78 Å². The van der Waals surface area contributed by atoms with Crippen molar-refractivity contribution in [3.8, 4) is 5.75 Å². The Morgan fingerprint density at radius 2 is 1.76 bits per heavy atom. The van der Waals surface area contributed by atoms with Crippen LogP contribution in [-0.2, 0) is 6.54 Å². The van der Waals surface area contributed by atoms with Gasteiger partial charge < -0.3 is 10.1 Å². The van der Waals surface area contributed by atoms with Gasteiger partial charge in [0.25, 0.3) is 0 Å². The van der Waals surface area contributed by atoms with Crippen molar-refractivity contribution in [2.75, 3.05) is 5.32 Å². The van der Waals surface area contributed by atoms with Crippen LogP contribution >= 0.6 is 34.8 Å². The number of anilines is 1. The minimum atomic E-state index is -2.86. The Balaban J connectivity index is 2.12. The van der Waals surface area contributed by atoms with Crippen LogP contribution in [0.15, 0.2) is 36.4 Å². The van der Waals surface area contributed by atoms with E-state index in [4.69, 9.17) is 34.8 Å². The van der Waals surface area contributed by atoms with Gasteiger partial charge in [0.05, 0.1) is 10.0 Å². The molecule has 0 spiro atoms. The third-order valence-corrected chi connectivity index (χ3v) is 3.86. The van der Waals surface area contributed by atoms with Gasteiger partial charge in [-0.1, -0.05) is 40.9 Å². The van der Waals surface area contributed by atoms with Crippen molar-refractivity contribution in [3.05, 3.63) is 57.0 Å². The molecule has 0 aliphatic rings. The third kappa shape index (κ3) is 4.37. The van der Waals surface area contributed by atoms with E-state index >= 15 is 0 Å². The maximum atomic E-state index is 12.2. The van der Waals surface area contributed by atoms with Crippen molar-refractivity contribution in [1.29, 1.82) is 0 Å². The summed E-state index contributed by atoms with van der Waals surface area (Å²) in [4.78, 5) is 0. The lowest BCUT2D eigenvalue weighted by atomic mass is 10.2. The smallest absolute Gasteiger partial charge is 0.387 e. The molecule has 0 fully saturated rings. The largest absolute Gasteiger partial charge is 0.435 e. The predicted molar refractivity (Wildman–Crippen MR) is 81.9 cm³/mol. The standard InChI is InChI=1S/C14H10Cl3F2NO/c15-11-4-5-12(16)13(17)10(11)7-20-8-2-1-3-9(6-8)21-14(18)19/h1-6,14,20H,7H2. The van der Waals surface area contributed by atoms with E-state index in [0.717, 1.165) is 0 Å². The fourth-order valence-corrected chi connectivity index (χ4v) is 2.39. The summed E-state index contributed by atoms with van der Waals surface area (Å²) < 4.78 is 28.6. The molecule has 2 nitrogen and oxygen atoms in total. The van der Waals surface area contributed by atoms with Gasteiger partial charge in [0.1, 0.15) is 5.75 Å². The number of hydrogen-bond donors (Lipinski definition) is 1. The molecule has 0 amide bonds. The minimum absolute atomic E-state index is 0.0679. The summed E-state index contributed by atoms with van der Waals surface area (Å²) in [6.45, 7) is -2.56. The quantitative estimate of drug-likeness (QED) is 0.680. The second-order valence-corrected chi connectivity index (χ2v) is 5.27. The summed E-state index contributed by atoms with van der Waals surface area (Å²) in [5.41, 5.74) is 1.23. The highest BCUT2D eigenvalue weighted by Crippen LogP contribution is 2.32. The maximum Gasteiger partial charge on any atom is 0.387 e. The average Bonchev–Trinajstić information content (AvgIpc) is 2.43. The van der Waals surface area contributed by atoms with Crippen LogP contribution in [0.25, 0.3) is 0 Å². The van der Waals surface area contributed by atoms with Crippen LogP contribution in [0, 0.1) is 0 Å². The first-order valence-electron chi connectivity index (χ1n) is 5.88. The third-order valence-electron chi connectivity index (χ3n) is 2.67. The first kappa shape index (κ1) is 16.1. The molecule has 7 heteroatoms. The Bertz CT molecular complexity index is 638. The molecule has 0 atom stereocenters. The van der Waals surface area contributed by atoms with Gasteiger partial charge >= 0.3 is 6.61 Å². The number of halogens is 5. The fourth-order valence-electron chi connectivity index (χ4n) is 1.70. The monoisotopic (exact) mass is 351 g/mol. The number of nitrogens with one attached hydrogen (secondary N) is 1. The van der Waals surface area contributed by atoms with Crippen molar-refractivity contribution < 1.29 is 13.5 Å². The van der Waals surface area contributed by atoms with Gasteiger partial charge in [-0.25, -0.2) is 0 Å². The molecule has 0 unspecified atom stereocenters. The molecule has 0 aromatic heterocycles. The van der Waals surface area contributed by atoms with Gasteiger partial charge in [0.15, 0.2) is 0 Å². The molecule has 0 saturated carbocycles. The Morgan fingerprint density at radius 1 is 1.05 bits per heavy atom. The zero-order valence-corrected chi connectivity index (χ0v) is 12.8. The van der Waals surface area contributed by atoms with Gasteiger partial charge in [0.2, 0.25) is 0 Å². The fraction of sp³-hybridized carbons (Fsp3) is 0.143. The van der Waals surface area contributed by atoms with Crippen LogP contribution in [0.3, 0.4) is 0 Å². The molecule has 2 rings (SSSR count). The van der Waals surface area contributed by atoms with E-state index in [0.29, 0.717) is 32.9 Å². The van der Waals surface area contributed by atoms with Gasteiger partial charge in [-0.15, -0.1) is 0 Å². The van der Waals surface area contributed by atoms with Crippen molar-refractivity contribution in [2.24, 2.45) is 0 Å². The number of rotatable bonds is 5. The molecule has 21 heavy (non-hydrogen) atoms. The maximum absolute atomic E-state index is 12.2. The normalized spacial score (nSPS) is 10.8. The first-order chi connectivity index (χ1) is 9.97. The van der Waals surface area contributed by atoms with Gasteiger partial charge in [0, 0.05) is 28.9 Å². The van der Waals surface area contributed by atoms with Gasteiger partial charge in [-0.05, 0) is 24.3 Å². The summed E-state index contributed by atoms with van der Waals surface area (Å²) >= 11 is 18.1. The van der Waals surface area contributed by atoms with Crippen molar-refractivity contribution in [1.82, 2.24) is 0 Å². The topological polar surface area (TPSA) is 21.3 Å². The zero-order valence-electron chi connectivity index (χ0n) is 10.5. The summed E-state index contributed by atoms with van der Waals surface area (Å²) in [5.74, 6) is 0.0679. The first-order valence-corrected chi connectivity index (χ1v) is 7.02. The van der Waals surface area contributed by atoms with E-state index in [-0.39, 0.29) is 5.75 Å². The van der Waals surface area contributed by atoms with E-state index in [1.165, 1.54) is 12.1 Å². The molecule has 0 saturated heterocycles. The molecule has 0 radical (unpaired) electrons. The van der Waals surface area contributed by atoms with E-state index in [1.54, 1.807) is 24.3 Å². The molecule has 1 N–H and O–H groups in total. The number of ether oxygens (including phenoxy) is 1. The lowest BCUT2D eigenvalue weighted by Gasteiger charge is -2.12. The van der Waals surface area contributed by atoms with Crippen LogP contribution in [0.2, 0.25) is 15.1 Å². The second kappa shape index (κ2) is 7.16. The molecule has 2 aromatic carbocycles. The minimum Gasteiger partial charge on any atom is -0.435 e. The van der Waals surface area contributed by atoms with Gasteiger partial charge in [-0.3, -0.25) is 0 Å². The highest BCUT2D eigenvalue weighted by molar-refractivity contribution is 6.44. The predicted octanol–water partition coefficient (Wildman–Crippen LogP) is 5.86. The lowest BCUT2D eigenvalue weighted by molar-refractivity contribution is -0.0498. The number of alkyl halides is 2. The van der Waals surface area contributed by atoms with Crippen LogP contribution in [-0.4, -0.2) is 6.61 Å². The Kier molecular flexibility index (Phi) is 5.51. The highest BCUT2D eigenvalue weighted by atomic mass is 35.5. The second-order valence-electron chi connectivity index (χ2n) is 4.08. The Labute approximate surface area is 135 Å². The van der Waals surface area contributed by atoms with Gasteiger partial charge in [-0.2, -0.15) is 8.78 Å². The van der Waals surface area contributed by atoms with E-state index in [1.807, 2.05) is 0 Å². The zero-order chi connectivity index (χ0) is 15.4. The summed E-state index contributed by atoms with van der Waals surface area (Å²) in [6, 6.07) is 9.46. The summed E-state index contributed by atoms with van der Waals surface area (Å²) in [5, 5.41) is 4.25. The number of hydrogen-bond acceptors (Lipinski definition) is 2. The van der Waals surface area contributed by atoms with Crippen molar-refractivity contribution >= 4 is 40.5 Å². The Hall–Kier alpha value is -1.23. The molecular formula is C14H10Cl3F2NO. The summed E-state index contributed by atoms with van der Waals surface area (Å²) in [7, 11) is 0. The molecule has 112 valence electrons. The average molecular weight is 353 g/mol. The van der Waals surface area contributed by atoms with Crippen LogP contribution in [0.5, 0.6) is 5.75 Å². The number of benzene rings is 2. The van der Waals surface area contributed by atoms with Crippen molar-refractivity contribution in [3.63, 3.8) is 0 Å². The Morgan fingerprint density at radius 3 is 2.48 bits per heavy atom.